The molecule has 0 amide bonds. The van der Waals surface area contributed by atoms with E-state index in [4.69, 9.17) is 0 Å². The van der Waals surface area contributed by atoms with E-state index in [-0.39, 0.29) is 6.61 Å². The molecule has 0 aliphatic rings. The van der Waals surface area contributed by atoms with Crippen molar-refractivity contribution in [2.45, 2.75) is 0 Å². The number of nitrogens with zero attached hydrogens (tertiary/aromatic N) is 1. The Kier molecular flexibility index (Phi) is 3.50. The van der Waals surface area contributed by atoms with Crippen LogP contribution in [0, 0.1) is 10.1 Å². The highest BCUT2D eigenvalue weighted by Gasteiger charge is 1.88. The maximum absolute atomic E-state index is 9.76. The molecule has 0 spiro atoms. The number of benzene rings is 1. The highest BCUT2D eigenvalue weighted by Crippen LogP contribution is 2.00. The summed E-state index contributed by atoms with van der Waals surface area (Å²) in [5, 5.41) is 8.95. The second-order valence-corrected chi connectivity index (χ2v) is 2.33. The van der Waals surface area contributed by atoms with Crippen molar-refractivity contribution in [1.29, 1.82) is 0 Å². The topological polar surface area (TPSA) is 52.4 Å². The van der Waals surface area contributed by atoms with E-state index in [0.717, 1.165) is 5.56 Å². The molecule has 13 heavy (non-hydrogen) atoms. The largest absolute Gasteiger partial charge is 0.310 e. The van der Waals surface area contributed by atoms with E-state index in [1.54, 1.807) is 12.2 Å². The zero-order chi connectivity index (χ0) is 9.52. The molecule has 0 heterocycles. The number of hydrogen-bond donors (Lipinski definition) is 0. The molecule has 0 N–H and O–H groups in total. The van der Waals surface area contributed by atoms with Crippen LogP contribution in [0.25, 0.3) is 6.08 Å². The molecule has 68 valence electrons. The maximum Gasteiger partial charge on any atom is 0.294 e. The first kappa shape index (κ1) is 9.25. The summed E-state index contributed by atoms with van der Waals surface area (Å²) in [6.45, 7) is -0.0120. The summed E-state index contributed by atoms with van der Waals surface area (Å²) in [6, 6.07) is 9.51. The summed E-state index contributed by atoms with van der Waals surface area (Å²) in [5.74, 6) is 0. The smallest absolute Gasteiger partial charge is 0.294 e. The fourth-order valence-electron chi connectivity index (χ4n) is 0.852. The van der Waals surface area contributed by atoms with E-state index in [1.165, 1.54) is 0 Å². The molecular weight excluding hydrogens is 170 g/mol. The van der Waals surface area contributed by atoms with E-state index < -0.39 is 5.09 Å². The normalized spacial score (nSPS) is 10.2. The highest BCUT2D eigenvalue weighted by molar-refractivity contribution is 5.48. The predicted octanol–water partition coefficient (Wildman–Crippen LogP) is 1.91. The van der Waals surface area contributed by atoms with Gasteiger partial charge in [-0.2, -0.15) is 0 Å². The van der Waals surface area contributed by atoms with Crippen molar-refractivity contribution in [3.63, 3.8) is 0 Å². The number of rotatable bonds is 4. The molecule has 0 bridgehead atoms. The van der Waals surface area contributed by atoms with Gasteiger partial charge in [-0.05, 0) is 5.56 Å². The maximum atomic E-state index is 9.76. The lowest BCUT2D eigenvalue weighted by molar-refractivity contribution is -0.755. The van der Waals surface area contributed by atoms with Crippen LogP contribution in [-0.4, -0.2) is 11.7 Å². The Hall–Kier alpha value is -1.84. The highest BCUT2D eigenvalue weighted by atomic mass is 16.9. The average molecular weight is 179 g/mol. The van der Waals surface area contributed by atoms with E-state index in [0.29, 0.717) is 0 Å². The Morgan fingerprint density at radius 3 is 2.69 bits per heavy atom. The van der Waals surface area contributed by atoms with Gasteiger partial charge in [-0.25, -0.2) is 0 Å². The molecule has 4 heteroatoms. The molecule has 0 aromatic heterocycles. The van der Waals surface area contributed by atoms with Crippen molar-refractivity contribution in [3.8, 4) is 0 Å². The molecule has 0 aliphatic heterocycles. The molecule has 0 aliphatic carbocycles. The van der Waals surface area contributed by atoms with Gasteiger partial charge in [0.2, 0.25) is 0 Å². The molecule has 0 unspecified atom stereocenters. The van der Waals surface area contributed by atoms with E-state index >= 15 is 0 Å². The summed E-state index contributed by atoms with van der Waals surface area (Å²) in [7, 11) is 0. The molecule has 0 atom stereocenters. The van der Waals surface area contributed by atoms with Crippen molar-refractivity contribution in [3.05, 3.63) is 52.1 Å². The minimum absolute atomic E-state index is 0.0120. The van der Waals surface area contributed by atoms with Crippen LogP contribution in [0.1, 0.15) is 5.56 Å². The van der Waals surface area contributed by atoms with Gasteiger partial charge in [0, 0.05) is 0 Å². The average Bonchev–Trinajstić information content (AvgIpc) is 2.14. The first-order valence-corrected chi connectivity index (χ1v) is 3.78. The van der Waals surface area contributed by atoms with Gasteiger partial charge in [0.1, 0.15) is 6.61 Å². The summed E-state index contributed by atoms with van der Waals surface area (Å²) in [6.07, 6.45) is 3.36. The molecule has 0 radical (unpaired) electrons. The Bertz CT molecular complexity index is 295. The molecule has 4 nitrogen and oxygen atoms in total. The van der Waals surface area contributed by atoms with E-state index in [1.807, 2.05) is 30.3 Å². The van der Waals surface area contributed by atoms with Crippen LogP contribution in [0.15, 0.2) is 36.4 Å². The second-order valence-electron chi connectivity index (χ2n) is 2.33. The van der Waals surface area contributed by atoms with Crippen LogP contribution >= 0.6 is 0 Å². The van der Waals surface area contributed by atoms with Crippen molar-refractivity contribution in [2.24, 2.45) is 0 Å². The standard InChI is InChI=1S/C9H9NO3/c11-10(12)13-8-4-7-9-5-2-1-3-6-9/h1-7H,8H2/b7-4+. The second kappa shape index (κ2) is 4.92. The minimum Gasteiger partial charge on any atom is -0.310 e. The number of hydrogen-bond acceptors (Lipinski definition) is 3. The lowest BCUT2D eigenvalue weighted by atomic mass is 10.2. The fourth-order valence-corrected chi connectivity index (χ4v) is 0.852. The van der Waals surface area contributed by atoms with Gasteiger partial charge < -0.3 is 4.84 Å². The third-order valence-electron chi connectivity index (χ3n) is 1.39. The van der Waals surface area contributed by atoms with Gasteiger partial charge in [-0.3, -0.25) is 0 Å². The Labute approximate surface area is 75.6 Å². The van der Waals surface area contributed by atoms with Crippen molar-refractivity contribution < 1.29 is 9.92 Å². The zero-order valence-electron chi connectivity index (χ0n) is 6.92. The SMILES string of the molecule is O=[N+]([O-])OC/C=C/c1ccccc1. The molecule has 1 aromatic rings. The fraction of sp³-hybridized carbons (Fsp3) is 0.111. The molecule has 0 fully saturated rings. The third-order valence-corrected chi connectivity index (χ3v) is 1.39. The van der Waals surface area contributed by atoms with Crippen molar-refractivity contribution in [1.82, 2.24) is 0 Å². The van der Waals surface area contributed by atoms with Gasteiger partial charge in [0.25, 0.3) is 5.09 Å². The van der Waals surface area contributed by atoms with Crippen molar-refractivity contribution in [2.75, 3.05) is 6.61 Å². The lowest BCUT2D eigenvalue weighted by Crippen LogP contribution is -1.99. The predicted molar refractivity (Wildman–Crippen MR) is 48.4 cm³/mol. The van der Waals surface area contributed by atoms with Crippen LogP contribution in [0.5, 0.6) is 0 Å². The molecule has 0 saturated carbocycles. The van der Waals surface area contributed by atoms with Gasteiger partial charge in [0.15, 0.2) is 0 Å². The Balaban J connectivity index is 2.37. The van der Waals surface area contributed by atoms with E-state index in [2.05, 4.69) is 4.84 Å². The van der Waals surface area contributed by atoms with Crippen LogP contribution in [0.3, 0.4) is 0 Å². The molecule has 0 saturated heterocycles. The first-order chi connectivity index (χ1) is 6.29. The molecular formula is C9H9NO3. The Morgan fingerprint density at radius 1 is 1.38 bits per heavy atom. The van der Waals surface area contributed by atoms with Crippen LogP contribution in [0.4, 0.5) is 0 Å². The zero-order valence-corrected chi connectivity index (χ0v) is 6.92. The quantitative estimate of drug-likeness (QED) is 0.524. The van der Waals surface area contributed by atoms with E-state index in [9.17, 15) is 10.1 Å². The van der Waals surface area contributed by atoms with Crippen LogP contribution in [0.2, 0.25) is 0 Å². The van der Waals surface area contributed by atoms with Gasteiger partial charge >= 0.3 is 0 Å². The summed E-state index contributed by atoms with van der Waals surface area (Å²) >= 11 is 0. The van der Waals surface area contributed by atoms with Gasteiger partial charge in [-0.15, -0.1) is 10.1 Å². The summed E-state index contributed by atoms with van der Waals surface area (Å²) < 4.78 is 0. The molecule has 1 rings (SSSR count). The first-order valence-electron chi connectivity index (χ1n) is 3.78. The van der Waals surface area contributed by atoms with Crippen LogP contribution < -0.4 is 0 Å². The monoisotopic (exact) mass is 179 g/mol. The van der Waals surface area contributed by atoms with Gasteiger partial charge in [-0.1, -0.05) is 42.5 Å². The Morgan fingerprint density at radius 2 is 2.08 bits per heavy atom. The van der Waals surface area contributed by atoms with Crippen LogP contribution in [-0.2, 0) is 4.84 Å². The minimum atomic E-state index is -0.810. The van der Waals surface area contributed by atoms with Crippen molar-refractivity contribution >= 4 is 6.08 Å². The lowest BCUT2D eigenvalue weighted by Gasteiger charge is -1.91. The summed E-state index contributed by atoms with van der Waals surface area (Å²) in [4.78, 5) is 13.9. The molecule has 1 aromatic carbocycles. The van der Waals surface area contributed by atoms with Gasteiger partial charge in [0.05, 0.1) is 0 Å². The third kappa shape index (κ3) is 3.91. The summed E-state index contributed by atoms with van der Waals surface area (Å²) in [5.41, 5.74) is 0.995.